The van der Waals surface area contributed by atoms with Crippen LogP contribution in [0.5, 0.6) is 0 Å². The maximum atomic E-state index is 10.3. The Hall–Kier alpha value is -0.360. The molecule has 2 N–H and O–H groups in total. The van der Waals surface area contributed by atoms with Gasteiger partial charge in [0.2, 0.25) is 0 Å². The molecule has 2 fully saturated rings. The van der Waals surface area contributed by atoms with Crippen molar-refractivity contribution in [3.63, 3.8) is 0 Å². The molecular formula is C18H36N2O7. The van der Waals surface area contributed by atoms with Crippen LogP contribution in [0, 0.1) is 0 Å². The molecule has 0 aromatic carbocycles. The second-order valence-electron chi connectivity index (χ2n) is 6.90. The molecule has 0 aromatic rings. The highest BCUT2D eigenvalue weighted by Gasteiger charge is 2.16. The van der Waals surface area contributed by atoms with Gasteiger partial charge in [-0.05, 0) is 0 Å². The molecule has 2 aliphatic heterocycles. The molecule has 0 spiro atoms. The van der Waals surface area contributed by atoms with Crippen molar-refractivity contribution in [2.45, 2.75) is 12.2 Å². The highest BCUT2D eigenvalue weighted by atomic mass is 16.5. The van der Waals surface area contributed by atoms with Crippen LogP contribution >= 0.6 is 0 Å². The monoisotopic (exact) mass is 392 g/mol. The SMILES string of the molecule is OC1COCC(O)CN2CCOCCOCCN(CCOCCOCC2)C1. The molecule has 2 saturated heterocycles. The highest BCUT2D eigenvalue weighted by molar-refractivity contribution is 4.68. The molecule has 2 bridgehead atoms. The van der Waals surface area contributed by atoms with Crippen molar-refractivity contribution in [1.82, 2.24) is 9.80 Å². The Kier molecular flexibility index (Phi) is 12.4. The van der Waals surface area contributed by atoms with E-state index >= 15 is 0 Å². The summed E-state index contributed by atoms with van der Waals surface area (Å²) in [5.41, 5.74) is 0. The van der Waals surface area contributed by atoms with Crippen LogP contribution in [-0.4, -0.2) is 138 Å². The van der Waals surface area contributed by atoms with E-state index in [1.807, 2.05) is 0 Å². The zero-order valence-corrected chi connectivity index (χ0v) is 16.3. The van der Waals surface area contributed by atoms with Crippen LogP contribution in [0.25, 0.3) is 0 Å². The van der Waals surface area contributed by atoms with Crippen molar-refractivity contribution >= 4 is 0 Å². The van der Waals surface area contributed by atoms with Crippen LogP contribution in [0.4, 0.5) is 0 Å². The molecular weight excluding hydrogens is 356 g/mol. The van der Waals surface area contributed by atoms with Gasteiger partial charge in [0.15, 0.2) is 0 Å². The molecule has 2 rings (SSSR count). The van der Waals surface area contributed by atoms with Crippen molar-refractivity contribution in [3.05, 3.63) is 0 Å². The van der Waals surface area contributed by atoms with E-state index in [9.17, 15) is 10.2 Å². The minimum absolute atomic E-state index is 0.196. The Bertz CT molecular complexity index is 313. The lowest BCUT2D eigenvalue weighted by atomic mass is 10.3. The number of fused-ring (bicyclic) bond motifs is 8. The molecule has 9 heteroatoms. The first-order chi connectivity index (χ1) is 13.2. The van der Waals surface area contributed by atoms with Crippen molar-refractivity contribution < 1.29 is 33.9 Å². The van der Waals surface area contributed by atoms with Gasteiger partial charge in [0.25, 0.3) is 0 Å². The molecule has 160 valence electrons. The Labute approximate surface area is 162 Å². The van der Waals surface area contributed by atoms with Gasteiger partial charge in [0.1, 0.15) is 0 Å². The van der Waals surface area contributed by atoms with Gasteiger partial charge in [-0.1, -0.05) is 0 Å². The third kappa shape index (κ3) is 11.3. The summed E-state index contributed by atoms with van der Waals surface area (Å²) in [5.74, 6) is 0. The summed E-state index contributed by atoms with van der Waals surface area (Å²) in [6.07, 6.45) is -1.24. The largest absolute Gasteiger partial charge is 0.389 e. The number of hydrogen-bond donors (Lipinski definition) is 2. The fourth-order valence-electron chi connectivity index (χ4n) is 3.05. The second kappa shape index (κ2) is 14.6. The van der Waals surface area contributed by atoms with Crippen LogP contribution in [0.3, 0.4) is 0 Å². The van der Waals surface area contributed by atoms with E-state index in [0.717, 1.165) is 0 Å². The smallest absolute Gasteiger partial charge is 0.0900 e. The molecule has 2 atom stereocenters. The first kappa shape index (κ1) is 22.9. The van der Waals surface area contributed by atoms with Gasteiger partial charge in [-0.3, -0.25) is 9.80 Å². The topological polar surface area (TPSA) is 93.1 Å². The van der Waals surface area contributed by atoms with Crippen molar-refractivity contribution in [2.24, 2.45) is 0 Å². The third-order valence-corrected chi connectivity index (χ3v) is 4.51. The number of ether oxygens (including phenoxy) is 5. The van der Waals surface area contributed by atoms with Crippen LogP contribution < -0.4 is 0 Å². The summed E-state index contributed by atoms with van der Waals surface area (Å²) in [6.45, 7) is 8.62. The Morgan fingerprint density at radius 3 is 1.15 bits per heavy atom. The first-order valence-electron chi connectivity index (χ1n) is 9.93. The Morgan fingerprint density at radius 2 is 0.815 bits per heavy atom. The van der Waals surface area contributed by atoms with Crippen molar-refractivity contribution in [3.8, 4) is 0 Å². The predicted octanol–water partition coefficient (Wildman–Crippen LogP) is -1.58. The lowest BCUT2D eigenvalue weighted by molar-refractivity contribution is -0.0292. The van der Waals surface area contributed by atoms with Gasteiger partial charge in [-0.25, -0.2) is 0 Å². The number of hydrogen-bond acceptors (Lipinski definition) is 9. The summed E-state index contributed by atoms with van der Waals surface area (Å²) >= 11 is 0. The molecule has 9 nitrogen and oxygen atoms in total. The maximum Gasteiger partial charge on any atom is 0.0900 e. The maximum absolute atomic E-state index is 10.3. The van der Waals surface area contributed by atoms with Crippen LogP contribution in [-0.2, 0) is 23.7 Å². The molecule has 2 unspecified atom stereocenters. The second-order valence-corrected chi connectivity index (χ2v) is 6.90. The number of aliphatic hydroxyl groups excluding tert-OH is 2. The Balaban J connectivity index is 1.98. The van der Waals surface area contributed by atoms with Gasteiger partial charge in [0.05, 0.1) is 78.3 Å². The van der Waals surface area contributed by atoms with E-state index in [2.05, 4.69) is 9.80 Å². The van der Waals surface area contributed by atoms with Crippen LogP contribution in [0.1, 0.15) is 0 Å². The van der Waals surface area contributed by atoms with Gasteiger partial charge in [-0.15, -0.1) is 0 Å². The summed E-state index contributed by atoms with van der Waals surface area (Å²) in [7, 11) is 0. The van der Waals surface area contributed by atoms with E-state index < -0.39 is 12.2 Å². The first-order valence-corrected chi connectivity index (χ1v) is 9.93. The minimum atomic E-state index is -0.619. The summed E-state index contributed by atoms with van der Waals surface area (Å²) in [6, 6.07) is 0. The van der Waals surface area contributed by atoms with Gasteiger partial charge >= 0.3 is 0 Å². The van der Waals surface area contributed by atoms with Gasteiger partial charge < -0.3 is 33.9 Å². The van der Waals surface area contributed by atoms with E-state index in [1.165, 1.54) is 0 Å². The fourth-order valence-corrected chi connectivity index (χ4v) is 3.05. The van der Waals surface area contributed by atoms with Gasteiger partial charge in [-0.2, -0.15) is 0 Å². The normalized spacial score (nSPS) is 34.9. The molecule has 0 amide bonds. The average molecular weight is 392 g/mol. The number of nitrogens with zero attached hydrogens (tertiary/aromatic N) is 2. The fraction of sp³-hybridized carbons (Fsp3) is 1.00. The molecule has 0 radical (unpaired) electrons. The van der Waals surface area contributed by atoms with E-state index in [-0.39, 0.29) is 13.2 Å². The van der Waals surface area contributed by atoms with Crippen molar-refractivity contribution in [1.29, 1.82) is 0 Å². The van der Waals surface area contributed by atoms with Crippen LogP contribution in [0.2, 0.25) is 0 Å². The van der Waals surface area contributed by atoms with E-state index in [1.54, 1.807) is 0 Å². The molecule has 2 heterocycles. The molecule has 0 aliphatic carbocycles. The average Bonchev–Trinajstić information content (AvgIpc) is 2.64. The quantitative estimate of drug-likeness (QED) is 0.507. The minimum Gasteiger partial charge on any atom is -0.389 e. The van der Waals surface area contributed by atoms with Crippen LogP contribution in [0.15, 0.2) is 0 Å². The number of rotatable bonds is 0. The lowest BCUT2D eigenvalue weighted by Gasteiger charge is -2.25. The zero-order chi connectivity index (χ0) is 19.2. The number of aliphatic hydroxyl groups is 2. The zero-order valence-electron chi connectivity index (χ0n) is 16.3. The molecule has 0 saturated carbocycles. The van der Waals surface area contributed by atoms with Gasteiger partial charge in [0, 0.05) is 39.3 Å². The lowest BCUT2D eigenvalue weighted by Crippen LogP contribution is -2.40. The standard InChI is InChI=1S/C18H36N2O7/c21-17-13-19-1-5-23-9-10-25-7-3-20(14-18(22)16-27-15-17)4-8-26-12-11-24-6-2-19/h17-18,21-22H,1-16H2. The van der Waals surface area contributed by atoms with E-state index in [0.29, 0.717) is 92.1 Å². The third-order valence-electron chi connectivity index (χ3n) is 4.51. The summed E-state index contributed by atoms with van der Waals surface area (Å²) in [5, 5.41) is 20.5. The molecule has 2 aliphatic rings. The summed E-state index contributed by atoms with van der Waals surface area (Å²) in [4.78, 5) is 4.20. The van der Waals surface area contributed by atoms with E-state index in [4.69, 9.17) is 23.7 Å². The predicted molar refractivity (Wildman–Crippen MR) is 99.0 cm³/mol. The summed E-state index contributed by atoms with van der Waals surface area (Å²) < 4.78 is 28.1. The molecule has 0 aromatic heterocycles. The Morgan fingerprint density at radius 1 is 0.481 bits per heavy atom. The highest BCUT2D eigenvalue weighted by Crippen LogP contribution is 2.00. The van der Waals surface area contributed by atoms with Crippen molar-refractivity contribution in [2.75, 3.05) is 105 Å². The molecule has 27 heavy (non-hydrogen) atoms.